The second-order valence-electron chi connectivity index (χ2n) is 37.3. The lowest BCUT2D eigenvalue weighted by Gasteiger charge is -2.54. The molecule has 22 aliphatic rings. The van der Waals surface area contributed by atoms with Crippen LogP contribution in [0.2, 0.25) is 0 Å². The molecule has 0 amide bonds. The van der Waals surface area contributed by atoms with E-state index in [0.717, 1.165) is 160 Å². The molecule has 12 bridgehead atoms. The molecule has 30 atom stereocenters. The van der Waals surface area contributed by atoms with Crippen molar-refractivity contribution in [2.75, 3.05) is 118 Å². The zero-order chi connectivity index (χ0) is 95.0. The van der Waals surface area contributed by atoms with Crippen molar-refractivity contribution in [3.8, 4) is 0 Å². The number of rotatable bonds is 69. The van der Waals surface area contributed by atoms with E-state index in [1.165, 1.54) is 0 Å². The molecular weight excluding hydrogens is 1730 g/mol. The lowest BCUT2D eigenvalue weighted by Crippen LogP contribution is -2.70. The summed E-state index contributed by atoms with van der Waals surface area (Å²) in [6.07, 6.45) is -5.46. The average Bonchev–Trinajstić information content (AvgIpc) is 0.754. The van der Waals surface area contributed by atoms with Crippen molar-refractivity contribution >= 4 is 11.8 Å². The van der Waals surface area contributed by atoms with Gasteiger partial charge in [-0.25, -0.2) is 0 Å². The molecule has 23 rings (SSSR count). The average molecular weight is 1920 g/mol. The summed E-state index contributed by atoms with van der Waals surface area (Å²) in [6.45, 7) is 25.9. The Morgan fingerprint density at radius 3 is 0.526 bits per heavy atom. The zero-order valence-corrected chi connectivity index (χ0v) is 84.9. The second-order valence-corrected chi connectivity index (χ2v) is 38.3. The summed E-state index contributed by atoms with van der Waals surface area (Å²) < 4.78 is 178. The molecule has 22 heterocycles. The summed E-state index contributed by atoms with van der Waals surface area (Å²) in [7, 11) is 0. The van der Waals surface area contributed by atoms with Gasteiger partial charge >= 0.3 is 0 Å². The lowest BCUT2D eigenvalue weighted by molar-refractivity contribution is -0.413. The molecule has 30 heteroatoms. The van der Waals surface area contributed by atoms with Crippen LogP contribution >= 0.6 is 11.8 Å². The van der Waals surface area contributed by atoms with E-state index < -0.39 is 217 Å². The van der Waals surface area contributed by atoms with Crippen LogP contribution in [0.25, 0.3) is 0 Å². The van der Waals surface area contributed by atoms with Crippen LogP contribution < -0.4 is 0 Å². The van der Waals surface area contributed by atoms with Gasteiger partial charge in [0.25, 0.3) is 0 Å². The fraction of sp³-hybridized carbons (Fsp3) is 0.942. The number of hydrogen-bond donors (Lipinski definition) is 5. The number of hydrogen-bond acceptors (Lipinski definition) is 30. The third-order valence-electron chi connectivity index (χ3n) is 26.3. The lowest BCUT2D eigenvalue weighted by atomic mass is 9.94. The summed E-state index contributed by atoms with van der Waals surface area (Å²) in [5.74, 6) is 0.933. The van der Waals surface area contributed by atoms with Gasteiger partial charge in [0.1, 0.15) is 140 Å². The van der Waals surface area contributed by atoms with Gasteiger partial charge < -0.3 is 139 Å². The number of thioether (sulfide) groups is 1. The zero-order valence-electron chi connectivity index (χ0n) is 84.0. The van der Waals surface area contributed by atoms with Crippen LogP contribution in [0.1, 0.15) is 320 Å². The standard InChI is InChI=1S/C103H186O29S/c1-13-25-40-54-109-86-80-74(66-104)121-98(92(86)115-60-46-31-19-7)128-81-75(67-105)123-100(94(117-62-48-33-21-9)87(81)110-55-41-26-14-2)130-83-77(69-107)125-102(96(119-64-50-35-23-11)89(83)112-57-43-28-16-4)132-85-79(72-133-71-73-52-38-37-39-53-73)126-103(97(120-65-51-36-24-12)91(85)114-59-45-30-18-6)131-84-78(70-108)124-101(95(118-63-49-34-22-10)90(84)113-58-44-29-17-5)129-82-76(68-106)122-99(127-80)93(116-61-47-32-20-8)88(82)111-56-42-27-15-3/h37-39,52-53,74-108H,13-36,40-51,54-72H2,1-12H3. The molecule has 778 valence electrons. The number of aliphatic hydroxyl groups excluding tert-OH is 5. The third-order valence-corrected chi connectivity index (χ3v) is 27.4. The van der Waals surface area contributed by atoms with Crippen molar-refractivity contribution in [1.82, 2.24) is 0 Å². The van der Waals surface area contributed by atoms with E-state index in [1.807, 2.05) is 18.2 Å². The van der Waals surface area contributed by atoms with Gasteiger partial charge in [0, 0.05) is 90.8 Å². The molecular formula is C103H186O29S. The first kappa shape index (κ1) is 117. The fourth-order valence-electron chi connectivity index (χ4n) is 18.6. The normalized spacial score (nSPS) is 33.5. The van der Waals surface area contributed by atoms with Gasteiger partial charge in [0.05, 0.1) is 39.1 Å². The van der Waals surface area contributed by atoms with Gasteiger partial charge in [-0.2, -0.15) is 11.8 Å². The van der Waals surface area contributed by atoms with Crippen molar-refractivity contribution < 1.29 is 139 Å². The molecule has 30 unspecified atom stereocenters. The Hall–Kier alpha value is -1.59. The first-order chi connectivity index (χ1) is 65.4. The Bertz CT molecular complexity index is 2890. The highest BCUT2D eigenvalue weighted by atomic mass is 32.2. The molecule has 29 nitrogen and oxygen atoms in total. The minimum atomic E-state index is -1.37. The highest BCUT2D eigenvalue weighted by Crippen LogP contribution is 2.45. The largest absolute Gasteiger partial charge is 0.394 e. The molecule has 1 aromatic carbocycles. The Morgan fingerprint density at radius 2 is 0.361 bits per heavy atom. The molecule has 22 aliphatic heterocycles. The van der Waals surface area contributed by atoms with E-state index in [9.17, 15) is 25.5 Å². The molecule has 0 spiro atoms. The van der Waals surface area contributed by atoms with E-state index in [2.05, 4.69) is 95.2 Å². The molecule has 5 N–H and O–H groups in total. The van der Waals surface area contributed by atoms with Crippen LogP contribution in [0, 0.1) is 0 Å². The van der Waals surface area contributed by atoms with E-state index >= 15 is 0 Å². The molecule has 0 aromatic heterocycles. The van der Waals surface area contributed by atoms with Crippen molar-refractivity contribution in [3.63, 3.8) is 0 Å². The molecule has 0 saturated carbocycles. The maximum Gasteiger partial charge on any atom is 0.187 e. The molecule has 0 radical (unpaired) electrons. The van der Waals surface area contributed by atoms with Crippen LogP contribution in [-0.4, -0.2) is 328 Å². The van der Waals surface area contributed by atoms with Gasteiger partial charge in [-0.3, -0.25) is 0 Å². The topological polar surface area (TPSA) is 323 Å². The van der Waals surface area contributed by atoms with E-state index in [1.54, 1.807) is 11.8 Å². The first-order valence-corrected chi connectivity index (χ1v) is 54.5. The van der Waals surface area contributed by atoms with E-state index in [4.69, 9.17) is 114 Å². The van der Waals surface area contributed by atoms with Crippen molar-refractivity contribution in [2.45, 2.75) is 504 Å². The number of benzene rings is 1. The van der Waals surface area contributed by atoms with Crippen LogP contribution in [0.15, 0.2) is 30.3 Å². The van der Waals surface area contributed by atoms with E-state index in [0.29, 0.717) is 95.2 Å². The minimum Gasteiger partial charge on any atom is -0.394 e. The minimum absolute atomic E-state index is 0.245. The molecule has 22 saturated heterocycles. The van der Waals surface area contributed by atoms with Gasteiger partial charge in [-0.1, -0.05) is 268 Å². The summed E-state index contributed by atoms with van der Waals surface area (Å²) >= 11 is 1.67. The fourth-order valence-corrected chi connectivity index (χ4v) is 19.7. The van der Waals surface area contributed by atoms with Gasteiger partial charge in [-0.15, -0.1) is 0 Å². The van der Waals surface area contributed by atoms with Crippen LogP contribution in [0.4, 0.5) is 0 Å². The monoisotopic (exact) mass is 1920 g/mol. The van der Waals surface area contributed by atoms with Crippen LogP contribution in [-0.2, 0) is 119 Å². The van der Waals surface area contributed by atoms with Gasteiger partial charge in [-0.05, 0) is 82.6 Å². The van der Waals surface area contributed by atoms with Crippen molar-refractivity contribution in [2.24, 2.45) is 0 Å². The van der Waals surface area contributed by atoms with Gasteiger partial charge in [0.2, 0.25) is 0 Å². The quantitative estimate of drug-likeness (QED) is 0.0378. The molecule has 1 aromatic rings. The maximum atomic E-state index is 12.4. The summed E-state index contributed by atoms with van der Waals surface area (Å²) in [5.41, 5.74) is 1.10. The smallest absolute Gasteiger partial charge is 0.187 e. The number of ether oxygens (including phenoxy) is 24. The Balaban J connectivity index is 1.45. The predicted octanol–water partition coefficient (Wildman–Crippen LogP) is 16.5. The Kier molecular flexibility index (Phi) is 61.6. The van der Waals surface area contributed by atoms with Crippen LogP contribution in [0.3, 0.4) is 0 Å². The summed E-state index contributed by atoms with van der Waals surface area (Å²) in [6, 6.07) is 10.3. The SMILES string of the molecule is CCCCCOC1C2OC(CO)C(OC3OC(CO)C(OC4OC(CO)C(OC5OC(CSCc6ccccc6)C(OC6OC(CO)C(OC7OC(CO)C(O2)C(OCCCCC)C7OCCCCC)C(OCCCCC)C6OCCCCC)C(OCCCCC)C5OCCCCC)C(OCCCCC)C4OCCCCC)C(OCCCCC)C3OCCCCC)C1OCCCCC. The maximum absolute atomic E-state index is 12.4. The Labute approximate surface area is 805 Å². The van der Waals surface area contributed by atoms with Crippen molar-refractivity contribution in [3.05, 3.63) is 35.9 Å². The van der Waals surface area contributed by atoms with Crippen molar-refractivity contribution in [1.29, 1.82) is 0 Å². The van der Waals surface area contributed by atoms with Gasteiger partial charge in [0.15, 0.2) is 37.7 Å². The first-order valence-electron chi connectivity index (χ1n) is 53.3. The summed E-state index contributed by atoms with van der Waals surface area (Å²) in [5, 5.41) is 61.5. The third kappa shape index (κ3) is 37.8. The second kappa shape index (κ2) is 70.2. The molecule has 0 aliphatic carbocycles. The Morgan fingerprint density at radius 1 is 0.203 bits per heavy atom. The number of unbranched alkanes of at least 4 members (excludes halogenated alkanes) is 24. The highest BCUT2D eigenvalue weighted by Gasteiger charge is 2.62. The predicted molar refractivity (Wildman–Crippen MR) is 510 cm³/mol. The highest BCUT2D eigenvalue weighted by molar-refractivity contribution is 7.98. The van der Waals surface area contributed by atoms with E-state index in [-0.39, 0.29) is 72.7 Å². The number of aliphatic hydroxyl groups is 5. The molecule has 133 heavy (non-hydrogen) atoms. The van der Waals surface area contributed by atoms with Crippen LogP contribution in [0.5, 0.6) is 0 Å². The summed E-state index contributed by atoms with van der Waals surface area (Å²) in [4.78, 5) is 0. The molecule has 22 fully saturated rings.